The van der Waals surface area contributed by atoms with Gasteiger partial charge in [0.15, 0.2) is 0 Å². The quantitative estimate of drug-likeness (QED) is 0.410. The fourth-order valence-corrected chi connectivity index (χ4v) is 3.95. The number of nitro benzene ring substituents is 1. The zero-order chi connectivity index (χ0) is 20.1. The molecule has 0 amide bonds. The Morgan fingerprint density at radius 1 is 1.10 bits per heavy atom. The molecule has 7 nitrogen and oxygen atoms in total. The first kappa shape index (κ1) is 19.3. The Labute approximate surface area is 169 Å². The minimum Gasteiger partial charge on any atom is -0.338 e. The molecule has 1 aliphatic carbocycles. The number of hydrogen-bond acceptors (Lipinski definition) is 6. The van der Waals surface area contributed by atoms with Gasteiger partial charge < -0.3 is 4.52 Å². The van der Waals surface area contributed by atoms with Gasteiger partial charge in [-0.3, -0.25) is 15.0 Å². The maximum atomic E-state index is 11.0. The van der Waals surface area contributed by atoms with Crippen molar-refractivity contribution in [2.45, 2.75) is 44.7 Å². The van der Waals surface area contributed by atoms with E-state index < -0.39 is 4.92 Å². The Morgan fingerprint density at radius 2 is 1.90 bits per heavy atom. The molecule has 0 unspecified atom stereocenters. The molecular formula is C22H24N4O3. The molecule has 7 heteroatoms. The van der Waals surface area contributed by atoms with Gasteiger partial charge in [-0.15, -0.1) is 0 Å². The second kappa shape index (κ2) is 8.96. The monoisotopic (exact) mass is 392 g/mol. The molecule has 0 radical (unpaired) electrons. The first-order chi connectivity index (χ1) is 14.2. The van der Waals surface area contributed by atoms with E-state index in [1.165, 1.54) is 43.4 Å². The third-order valence-electron chi connectivity index (χ3n) is 5.49. The van der Waals surface area contributed by atoms with Crippen molar-refractivity contribution in [3.8, 4) is 11.4 Å². The Morgan fingerprint density at radius 3 is 2.66 bits per heavy atom. The zero-order valence-electron chi connectivity index (χ0n) is 16.2. The Bertz CT molecular complexity index is 951. The molecule has 1 saturated carbocycles. The van der Waals surface area contributed by atoms with Gasteiger partial charge in [0.05, 0.1) is 11.5 Å². The van der Waals surface area contributed by atoms with Crippen LogP contribution in [0.5, 0.6) is 0 Å². The second-order valence-corrected chi connectivity index (χ2v) is 7.46. The van der Waals surface area contributed by atoms with Crippen LogP contribution in [0.1, 0.15) is 37.1 Å². The van der Waals surface area contributed by atoms with Gasteiger partial charge in [-0.2, -0.15) is 4.98 Å². The van der Waals surface area contributed by atoms with Gasteiger partial charge in [0, 0.05) is 30.3 Å². The summed E-state index contributed by atoms with van der Waals surface area (Å²) in [4.78, 5) is 17.5. The van der Waals surface area contributed by atoms with Crippen molar-refractivity contribution in [1.29, 1.82) is 0 Å². The Kier molecular flexibility index (Phi) is 5.95. The molecule has 0 bridgehead atoms. The average molecular weight is 392 g/mol. The highest BCUT2D eigenvalue weighted by molar-refractivity contribution is 5.58. The molecule has 1 aliphatic rings. The van der Waals surface area contributed by atoms with E-state index in [-0.39, 0.29) is 5.69 Å². The first-order valence-electron chi connectivity index (χ1n) is 10.0. The molecule has 1 heterocycles. The summed E-state index contributed by atoms with van der Waals surface area (Å²) >= 11 is 0. The number of nitro groups is 1. The predicted molar refractivity (Wildman–Crippen MR) is 109 cm³/mol. The van der Waals surface area contributed by atoms with Crippen LogP contribution in [0.15, 0.2) is 59.1 Å². The molecule has 1 aromatic heterocycles. The summed E-state index contributed by atoms with van der Waals surface area (Å²) < 4.78 is 5.49. The standard InChI is InChI=1S/C22H24N4O3/c27-26(28)20-12-6-9-18(15-20)22-23-21(29-24-22)16-25(19-10-4-5-11-19)14-13-17-7-2-1-3-8-17/h1-3,6-9,12,15,19H,4-5,10-11,13-14,16H2. The molecule has 29 heavy (non-hydrogen) atoms. The molecule has 1 fully saturated rings. The molecule has 3 aromatic rings. The Hall–Kier alpha value is -3.06. The summed E-state index contributed by atoms with van der Waals surface area (Å²) in [7, 11) is 0. The first-order valence-corrected chi connectivity index (χ1v) is 10.0. The number of aromatic nitrogens is 2. The fraction of sp³-hybridized carbons (Fsp3) is 0.364. The summed E-state index contributed by atoms with van der Waals surface area (Å²) in [5, 5.41) is 15.1. The van der Waals surface area contributed by atoms with E-state index >= 15 is 0 Å². The van der Waals surface area contributed by atoms with Gasteiger partial charge in [-0.05, 0) is 24.8 Å². The van der Waals surface area contributed by atoms with Crippen molar-refractivity contribution in [2.24, 2.45) is 0 Å². The number of benzene rings is 2. The lowest BCUT2D eigenvalue weighted by atomic mass is 10.1. The summed E-state index contributed by atoms with van der Waals surface area (Å²) in [5.74, 6) is 0.935. The minimum atomic E-state index is -0.421. The van der Waals surface area contributed by atoms with Crippen molar-refractivity contribution in [3.05, 3.63) is 76.2 Å². The van der Waals surface area contributed by atoms with E-state index in [9.17, 15) is 10.1 Å². The van der Waals surface area contributed by atoms with Crippen LogP contribution in [-0.4, -0.2) is 32.6 Å². The van der Waals surface area contributed by atoms with Gasteiger partial charge >= 0.3 is 0 Å². The molecule has 0 aliphatic heterocycles. The fourth-order valence-electron chi connectivity index (χ4n) is 3.95. The molecule has 0 spiro atoms. The van der Waals surface area contributed by atoms with E-state index in [0.29, 0.717) is 29.9 Å². The van der Waals surface area contributed by atoms with Gasteiger partial charge in [0.2, 0.25) is 11.7 Å². The SMILES string of the molecule is O=[N+]([O-])c1cccc(-c2noc(CN(CCc3ccccc3)C3CCCC3)n2)c1. The van der Waals surface area contributed by atoms with E-state index in [2.05, 4.69) is 39.3 Å². The molecule has 150 valence electrons. The van der Waals surface area contributed by atoms with Crippen molar-refractivity contribution in [3.63, 3.8) is 0 Å². The topological polar surface area (TPSA) is 85.3 Å². The van der Waals surface area contributed by atoms with Crippen LogP contribution in [0.3, 0.4) is 0 Å². The summed E-state index contributed by atoms with van der Waals surface area (Å²) in [6.45, 7) is 1.53. The van der Waals surface area contributed by atoms with Crippen LogP contribution in [0.25, 0.3) is 11.4 Å². The lowest BCUT2D eigenvalue weighted by Gasteiger charge is -2.27. The third kappa shape index (κ3) is 4.86. The maximum Gasteiger partial charge on any atom is 0.270 e. The highest BCUT2D eigenvalue weighted by atomic mass is 16.6. The van der Waals surface area contributed by atoms with Crippen LogP contribution in [0.2, 0.25) is 0 Å². The van der Waals surface area contributed by atoms with Crippen LogP contribution >= 0.6 is 0 Å². The van der Waals surface area contributed by atoms with E-state index in [1.54, 1.807) is 12.1 Å². The van der Waals surface area contributed by atoms with E-state index in [1.807, 2.05) is 6.07 Å². The third-order valence-corrected chi connectivity index (χ3v) is 5.49. The van der Waals surface area contributed by atoms with Crippen molar-refractivity contribution in [1.82, 2.24) is 15.0 Å². The predicted octanol–water partition coefficient (Wildman–Crippen LogP) is 4.63. The largest absolute Gasteiger partial charge is 0.338 e. The van der Waals surface area contributed by atoms with E-state index in [0.717, 1.165) is 13.0 Å². The highest BCUT2D eigenvalue weighted by Crippen LogP contribution is 2.26. The Balaban J connectivity index is 1.47. The van der Waals surface area contributed by atoms with Gasteiger partial charge in [0.1, 0.15) is 0 Å². The van der Waals surface area contributed by atoms with Crippen LogP contribution in [0.4, 0.5) is 5.69 Å². The van der Waals surface area contributed by atoms with Gasteiger partial charge in [-0.25, -0.2) is 0 Å². The maximum absolute atomic E-state index is 11.0. The smallest absolute Gasteiger partial charge is 0.270 e. The van der Waals surface area contributed by atoms with Gasteiger partial charge in [0.25, 0.3) is 5.69 Å². The summed E-state index contributed by atoms with van der Waals surface area (Å²) in [6, 6.07) is 17.3. The second-order valence-electron chi connectivity index (χ2n) is 7.46. The lowest BCUT2D eigenvalue weighted by molar-refractivity contribution is -0.384. The lowest BCUT2D eigenvalue weighted by Crippen LogP contribution is -2.34. The zero-order valence-corrected chi connectivity index (χ0v) is 16.2. The summed E-state index contributed by atoms with van der Waals surface area (Å²) in [6.07, 6.45) is 5.88. The van der Waals surface area contributed by atoms with Crippen molar-refractivity contribution >= 4 is 5.69 Å². The average Bonchev–Trinajstić information content (AvgIpc) is 3.44. The molecular weight excluding hydrogens is 368 g/mol. The number of hydrogen-bond donors (Lipinski definition) is 0. The normalized spacial score (nSPS) is 14.5. The molecule has 0 atom stereocenters. The van der Waals surface area contributed by atoms with E-state index in [4.69, 9.17) is 4.52 Å². The molecule has 2 aromatic carbocycles. The number of rotatable bonds is 8. The molecule has 0 saturated heterocycles. The van der Waals surface area contributed by atoms with Crippen molar-refractivity contribution in [2.75, 3.05) is 6.54 Å². The highest BCUT2D eigenvalue weighted by Gasteiger charge is 2.24. The van der Waals surface area contributed by atoms with Crippen LogP contribution in [-0.2, 0) is 13.0 Å². The van der Waals surface area contributed by atoms with Crippen LogP contribution in [0, 0.1) is 10.1 Å². The number of nitrogens with zero attached hydrogens (tertiary/aromatic N) is 4. The van der Waals surface area contributed by atoms with Crippen LogP contribution < -0.4 is 0 Å². The van der Waals surface area contributed by atoms with Crippen molar-refractivity contribution < 1.29 is 9.45 Å². The number of non-ortho nitro benzene ring substituents is 1. The molecule has 0 N–H and O–H groups in total. The summed E-state index contributed by atoms with van der Waals surface area (Å²) in [5.41, 5.74) is 1.92. The molecule has 4 rings (SSSR count). The van der Waals surface area contributed by atoms with Gasteiger partial charge in [-0.1, -0.05) is 60.5 Å². The minimum absolute atomic E-state index is 0.0179.